The van der Waals surface area contributed by atoms with E-state index in [1.54, 1.807) is 18.2 Å². The summed E-state index contributed by atoms with van der Waals surface area (Å²) in [6.45, 7) is 0.191. The zero-order valence-corrected chi connectivity index (χ0v) is 13.3. The van der Waals surface area contributed by atoms with Crippen molar-refractivity contribution in [2.24, 2.45) is 0 Å². The monoisotopic (exact) mass is 327 g/mol. The van der Waals surface area contributed by atoms with Crippen molar-refractivity contribution < 1.29 is 14.6 Å². The lowest BCUT2D eigenvalue weighted by atomic mass is 10.1. The van der Waals surface area contributed by atoms with E-state index in [2.05, 4.69) is 0 Å². The van der Waals surface area contributed by atoms with Gasteiger partial charge in [0.25, 0.3) is 5.03 Å². The molecule has 118 valence electrons. The molecular weight excluding hydrogens is 310 g/mol. The van der Waals surface area contributed by atoms with Crippen LogP contribution >= 0.6 is 11.8 Å². The molecule has 0 fully saturated rings. The number of thioether (sulfide) groups is 1. The Balaban J connectivity index is 1.53. The molecule has 0 radical (unpaired) electrons. The Morgan fingerprint density at radius 1 is 1.04 bits per heavy atom. The molecule has 1 atom stereocenters. The van der Waals surface area contributed by atoms with Crippen LogP contribution in [0, 0.1) is 5.21 Å². The van der Waals surface area contributed by atoms with E-state index in [4.69, 9.17) is 4.74 Å². The Morgan fingerprint density at radius 3 is 2.65 bits per heavy atom. The van der Waals surface area contributed by atoms with Gasteiger partial charge in [-0.15, -0.1) is 0 Å². The van der Waals surface area contributed by atoms with Gasteiger partial charge in [0, 0.05) is 17.9 Å². The fraction of sp³-hybridized carbons (Fsp3) is 0.167. The van der Waals surface area contributed by atoms with Crippen molar-refractivity contribution in [1.82, 2.24) is 0 Å². The third-order valence-corrected chi connectivity index (χ3v) is 4.54. The number of aliphatic hydroxyl groups excluding tert-OH is 1. The molecule has 0 aliphatic carbocycles. The maximum Gasteiger partial charge on any atom is 0.251 e. The zero-order valence-electron chi connectivity index (χ0n) is 12.5. The number of rotatable bonds is 6. The van der Waals surface area contributed by atoms with Gasteiger partial charge in [0.1, 0.15) is 12.4 Å². The van der Waals surface area contributed by atoms with Crippen LogP contribution < -0.4 is 9.47 Å². The van der Waals surface area contributed by atoms with Gasteiger partial charge in [-0.1, -0.05) is 42.1 Å². The van der Waals surface area contributed by atoms with Crippen LogP contribution in [0.1, 0.15) is 0 Å². The average Bonchev–Trinajstić information content (AvgIpc) is 2.59. The van der Waals surface area contributed by atoms with Gasteiger partial charge in [-0.05, 0) is 29.0 Å². The number of benzene rings is 2. The molecule has 3 rings (SSSR count). The minimum atomic E-state index is -0.647. The first kappa shape index (κ1) is 15.6. The second-order valence-electron chi connectivity index (χ2n) is 5.15. The SMILES string of the molecule is [O-][n+]1ccccc1SC[C@@H](O)COc1ccc2ccccc2c1. The molecule has 5 heteroatoms. The second-order valence-corrected chi connectivity index (χ2v) is 6.19. The van der Waals surface area contributed by atoms with Crippen LogP contribution in [0.5, 0.6) is 5.75 Å². The van der Waals surface area contributed by atoms with Crippen molar-refractivity contribution in [3.8, 4) is 5.75 Å². The van der Waals surface area contributed by atoms with E-state index in [9.17, 15) is 10.3 Å². The van der Waals surface area contributed by atoms with Gasteiger partial charge in [-0.3, -0.25) is 0 Å². The third-order valence-electron chi connectivity index (χ3n) is 3.38. The van der Waals surface area contributed by atoms with E-state index in [-0.39, 0.29) is 6.61 Å². The largest absolute Gasteiger partial charge is 0.618 e. The van der Waals surface area contributed by atoms with Gasteiger partial charge in [0.05, 0.1) is 6.10 Å². The molecule has 0 amide bonds. The zero-order chi connectivity index (χ0) is 16.1. The molecule has 0 saturated heterocycles. The topological polar surface area (TPSA) is 56.4 Å². The molecule has 1 heterocycles. The molecule has 4 nitrogen and oxygen atoms in total. The lowest BCUT2D eigenvalue weighted by Gasteiger charge is -2.12. The van der Waals surface area contributed by atoms with E-state index in [1.807, 2.05) is 42.5 Å². The summed E-state index contributed by atoms with van der Waals surface area (Å²) in [5.74, 6) is 1.13. The predicted octanol–water partition coefficient (Wildman–Crippen LogP) is 3.01. The van der Waals surface area contributed by atoms with E-state index < -0.39 is 6.10 Å². The Kier molecular flexibility index (Phi) is 5.00. The number of pyridine rings is 1. The van der Waals surface area contributed by atoms with E-state index in [0.717, 1.165) is 21.3 Å². The average molecular weight is 327 g/mol. The van der Waals surface area contributed by atoms with E-state index in [0.29, 0.717) is 10.8 Å². The highest BCUT2D eigenvalue weighted by molar-refractivity contribution is 7.99. The fourth-order valence-electron chi connectivity index (χ4n) is 2.20. The van der Waals surface area contributed by atoms with Crippen molar-refractivity contribution in [2.45, 2.75) is 11.1 Å². The first-order chi connectivity index (χ1) is 11.2. The smallest absolute Gasteiger partial charge is 0.251 e. The normalized spacial score (nSPS) is 12.2. The molecule has 23 heavy (non-hydrogen) atoms. The standard InChI is InChI=1S/C18H17NO3S/c20-16(13-23-18-7-3-4-10-19(18)21)12-22-17-9-8-14-5-1-2-6-15(14)11-17/h1-11,16,20H,12-13H2/t16-/m0/s1. The second kappa shape index (κ2) is 7.35. The number of nitrogens with zero attached hydrogens (tertiary/aromatic N) is 1. The minimum absolute atomic E-state index is 0.191. The van der Waals surface area contributed by atoms with Gasteiger partial charge < -0.3 is 15.1 Å². The molecule has 0 saturated carbocycles. The highest BCUT2D eigenvalue weighted by Gasteiger charge is 2.11. The summed E-state index contributed by atoms with van der Waals surface area (Å²) in [5.41, 5.74) is 0. The summed E-state index contributed by atoms with van der Waals surface area (Å²) >= 11 is 1.31. The van der Waals surface area contributed by atoms with Crippen LogP contribution in [0.15, 0.2) is 71.9 Å². The molecule has 0 aliphatic rings. The molecule has 1 N–H and O–H groups in total. The Labute approximate surface area is 138 Å². The Morgan fingerprint density at radius 2 is 1.83 bits per heavy atom. The molecule has 1 aromatic heterocycles. The van der Waals surface area contributed by atoms with Crippen molar-refractivity contribution in [3.63, 3.8) is 0 Å². The van der Waals surface area contributed by atoms with Gasteiger partial charge in [0.2, 0.25) is 0 Å². The van der Waals surface area contributed by atoms with Gasteiger partial charge in [-0.2, -0.15) is 4.73 Å². The molecule has 2 aromatic carbocycles. The summed E-state index contributed by atoms with van der Waals surface area (Å²) in [5, 5.41) is 24.4. The van der Waals surface area contributed by atoms with Crippen LogP contribution in [0.2, 0.25) is 0 Å². The highest BCUT2D eigenvalue weighted by atomic mass is 32.2. The molecular formula is C18H17NO3S. The molecule has 0 bridgehead atoms. The highest BCUT2D eigenvalue weighted by Crippen LogP contribution is 2.21. The summed E-state index contributed by atoms with van der Waals surface area (Å²) in [4.78, 5) is 0. The maximum absolute atomic E-state index is 11.5. The summed E-state index contributed by atoms with van der Waals surface area (Å²) in [6.07, 6.45) is 0.798. The van der Waals surface area contributed by atoms with Crippen LogP contribution in [0.3, 0.4) is 0 Å². The summed E-state index contributed by atoms with van der Waals surface area (Å²) in [6, 6.07) is 19.1. The number of fused-ring (bicyclic) bond motifs is 1. The van der Waals surface area contributed by atoms with Crippen molar-refractivity contribution in [3.05, 3.63) is 72.1 Å². The quantitative estimate of drug-likeness (QED) is 0.429. The van der Waals surface area contributed by atoms with Crippen molar-refractivity contribution in [1.29, 1.82) is 0 Å². The summed E-state index contributed by atoms with van der Waals surface area (Å²) in [7, 11) is 0. The van der Waals surface area contributed by atoms with Crippen molar-refractivity contribution in [2.75, 3.05) is 12.4 Å². The Hall–Kier alpha value is -2.24. The maximum atomic E-state index is 11.5. The van der Waals surface area contributed by atoms with Crippen LogP contribution in [-0.4, -0.2) is 23.6 Å². The lowest BCUT2D eigenvalue weighted by Crippen LogP contribution is -2.29. The third kappa shape index (κ3) is 4.15. The summed E-state index contributed by atoms with van der Waals surface area (Å²) < 4.78 is 6.44. The molecule has 0 aliphatic heterocycles. The number of hydrogen-bond donors (Lipinski definition) is 1. The lowest BCUT2D eigenvalue weighted by molar-refractivity contribution is -0.645. The minimum Gasteiger partial charge on any atom is -0.618 e. The molecule has 0 unspecified atom stereocenters. The number of hydrogen-bond acceptors (Lipinski definition) is 4. The van der Waals surface area contributed by atoms with Gasteiger partial charge >= 0.3 is 0 Å². The van der Waals surface area contributed by atoms with Crippen LogP contribution in [0.4, 0.5) is 0 Å². The van der Waals surface area contributed by atoms with Crippen LogP contribution in [-0.2, 0) is 0 Å². The first-order valence-electron chi connectivity index (χ1n) is 7.33. The van der Waals surface area contributed by atoms with E-state index in [1.165, 1.54) is 18.0 Å². The Bertz CT molecular complexity index is 794. The molecule has 0 spiro atoms. The molecule has 3 aromatic rings. The first-order valence-corrected chi connectivity index (χ1v) is 8.31. The van der Waals surface area contributed by atoms with E-state index >= 15 is 0 Å². The van der Waals surface area contributed by atoms with Gasteiger partial charge in [-0.25, -0.2) is 0 Å². The van der Waals surface area contributed by atoms with Crippen LogP contribution in [0.25, 0.3) is 10.8 Å². The fourth-order valence-corrected chi connectivity index (χ4v) is 3.03. The predicted molar refractivity (Wildman–Crippen MR) is 91.6 cm³/mol. The number of aromatic nitrogens is 1. The number of ether oxygens (including phenoxy) is 1. The van der Waals surface area contributed by atoms with Crippen molar-refractivity contribution >= 4 is 22.5 Å². The number of aliphatic hydroxyl groups is 1. The van der Waals surface area contributed by atoms with Gasteiger partial charge in [0.15, 0.2) is 6.20 Å².